The largest absolute Gasteiger partial charge is 0.337 e. The SMILES string of the molecule is CC(C)C1(CNCc2nccn2C)CC1. The van der Waals surface area contributed by atoms with E-state index in [1.807, 2.05) is 19.4 Å². The molecule has 2 rings (SSSR count). The number of hydrogen-bond acceptors (Lipinski definition) is 2. The summed E-state index contributed by atoms with van der Waals surface area (Å²) < 4.78 is 2.07. The van der Waals surface area contributed by atoms with Crippen molar-refractivity contribution in [1.29, 1.82) is 0 Å². The van der Waals surface area contributed by atoms with Crippen LogP contribution in [0.25, 0.3) is 0 Å². The molecule has 1 fully saturated rings. The zero-order valence-electron chi connectivity index (χ0n) is 9.95. The molecule has 1 aromatic heterocycles. The third-order valence-electron chi connectivity index (χ3n) is 3.80. The maximum atomic E-state index is 4.30. The minimum atomic E-state index is 0.588. The highest BCUT2D eigenvalue weighted by atomic mass is 15.1. The van der Waals surface area contributed by atoms with Crippen LogP contribution in [0, 0.1) is 11.3 Å². The standard InChI is InChI=1S/C12H21N3/c1-10(2)12(4-5-12)9-13-8-11-14-6-7-15(11)3/h6-7,10,13H,4-5,8-9H2,1-3H3. The normalized spacial score (nSPS) is 18.4. The van der Waals surface area contributed by atoms with Crippen LogP contribution in [-0.4, -0.2) is 16.1 Å². The van der Waals surface area contributed by atoms with E-state index in [-0.39, 0.29) is 0 Å². The Balaban J connectivity index is 1.78. The van der Waals surface area contributed by atoms with Gasteiger partial charge in [-0.3, -0.25) is 0 Å². The van der Waals surface area contributed by atoms with Crippen molar-refractivity contribution < 1.29 is 0 Å². The van der Waals surface area contributed by atoms with Gasteiger partial charge in [0.2, 0.25) is 0 Å². The lowest BCUT2D eigenvalue weighted by Gasteiger charge is -2.19. The quantitative estimate of drug-likeness (QED) is 0.799. The average Bonchev–Trinajstić information content (AvgIpc) is 2.87. The molecule has 1 aliphatic carbocycles. The number of aromatic nitrogens is 2. The summed E-state index contributed by atoms with van der Waals surface area (Å²) in [7, 11) is 2.04. The van der Waals surface area contributed by atoms with Gasteiger partial charge in [-0.1, -0.05) is 13.8 Å². The van der Waals surface area contributed by atoms with Crippen molar-refractivity contribution in [2.24, 2.45) is 18.4 Å². The summed E-state index contributed by atoms with van der Waals surface area (Å²) in [5.41, 5.74) is 0.588. The second kappa shape index (κ2) is 3.97. The van der Waals surface area contributed by atoms with Crippen LogP contribution in [0.2, 0.25) is 0 Å². The molecule has 15 heavy (non-hydrogen) atoms. The highest BCUT2D eigenvalue weighted by Crippen LogP contribution is 2.51. The van der Waals surface area contributed by atoms with E-state index in [1.165, 1.54) is 12.8 Å². The number of nitrogens with one attached hydrogen (secondary N) is 1. The van der Waals surface area contributed by atoms with Gasteiger partial charge in [-0.15, -0.1) is 0 Å². The molecule has 0 aliphatic heterocycles. The van der Waals surface area contributed by atoms with Crippen LogP contribution < -0.4 is 5.32 Å². The Kier molecular flexibility index (Phi) is 2.83. The summed E-state index contributed by atoms with van der Waals surface area (Å²) in [6.07, 6.45) is 6.62. The molecule has 0 aromatic carbocycles. The van der Waals surface area contributed by atoms with Crippen LogP contribution in [0.5, 0.6) is 0 Å². The van der Waals surface area contributed by atoms with E-state index in [9.17, 15) is 0 Å². The Morgan fingerprint density at radius 1 is 1.53 bits per heavy atom. The smallest absolute Gasteiger partial charge is 0.122 e. The lowest BCUT2D eigenvalue weighted by atomic mass is 9.92. The van der Waals surface area contributed by atoms with Gasteiger partial charge in [0.25, 0.3) is 0 Å². The first-order chi connectivity index (χ1) is 7.14. The zero-order valence-corrected chi connectivity index (χ0v) is 9.95. The topological polar surface area (TPSA) is 29.9 Å². The highest BCUT2D eigenvalue weighted by molar-refractivity contribution is 4.98. The van der Waals surface area contributed by atoms with Crippen molar-refractivity contribution in [2.75, 3.05) is 6.54 Å². The van der Waals surface area contributed by atoms with Crippen molar-refractivity contribution in [3.8, 4) is 0 Å². The predicted molar refractivity (Wildman–Crippen MR) is 61.4 cm³/mol. The molecule has 0 radical (unpaired) electrons. The highest BCUT2D eigenvalue weighted by Gasteiger charge is 2.44. The minimum Gasteiger partial charge on any atom is -0.337 e. The maximum Gasteiger partial charge on any atom is 0.122 e. The molecular weight excluding hydrogens is 186 g/mol. The van der Waals surface area contributed by atoms with E-state index in [4.69, 9.17) is 0 Å². The third kappa shape index (κ3) is 2.23. The fourth-order valence-electron chi connectivity index (χ4n) is 2.11. The molecule has 0 bridgehead atoms. The van der Waals surface area contributed by atoms with Gasteiger partial charge in [0.15, 0.2) is 0 Å². The second-order valence-electron chi connectivity index (χ2n) is 5.08. The van der Waals surface area contributed by atoms with Crippen LogP contribution in [-0.2, 0) is 13.6 Å². The lowest BCUT2D eigenvalue weighted by Crippen LogP contribution is -2.28. The van der Waals surface area contributed by atoms with Crippen molar-refractivity contribution >= 4 is 0 Å². The van der Waals surface area contributed by atoms with E-state index in [0.717, 1.165) is 24.8 Å². The third-order valence-corrected chi connectivity index (χ3v) is 3.80. The van der Waals surface area contributed by atoms with E-state index in [0.29, 0.717) is 5.41 Å². The molecule has 1 aliphatic rings. The maximum absolute atomic E-state index is 4.30. The monoisotopic (exact) mass is 207 g/mol. The molecule has 1 heterocycles. The van der Waals surface area contributed by atoms with E-state index < -0.39 is 0 Å². The number of imidazole rings is 1. The lowest BCUT2D eigenvalue weighted by molar-refractivity contribution is 0.336. The predicted octanol–water partition coefficient (Wildman–Crippen LogP) is 1.95. The van der Waals surface area contributed by atoms with Gasteiger partial charge in [0.05, 0.1) is 6.54 Å². The van der Waals surface area contributed by atoms with Crippen molar-refractivity contribution in [3.63, 3.8) is 0 Å². The number of rotatable bonds is 5. The van der Waals surface area contributed by atoms with E-state index in [2.05, 4.69) is 28.7 Å². The number of nitrogens with zero attached hydrogens (tertiary/aromatic N) is 2. The number of hydrogen-bond donors (Lipinski definition) is 1. The van der Waals surface area contributed by atoms with Gasteiger partial charge in [0.1, 0.15) is 5.82 Å². The molecule has 1 saturated carbocycles. The van der Waals surface area contributed by atoms with Gasteiger partial charge >= 0.3 is 0 Å². The van der Waals surface area contributed by atoms with Crippen LogP contribution >= 0.6 is 0 Å². The molecule has 0 spiro atoms. The second-order valence-corrected chi connectivity index (χ2v) is 5.08. The Morgan fingerprint density at radius 3 is 2.73 bits per heavy atom. The average molecular weight is 207 g/mol. The summed E-state index contributed by atoms with van der Waals surface area (Å²) in [6.45, 7) is 6.68. The summed E-state index contributed by atoms with van der Waals surface area (Å²) >= 11 is 0. The molecule has 0 unspecified atom stereocenters. The zero-order chi connectivity index (χ0) is 10.9. The van der Waals surface area contributed by atoms with Gasteiger partial charge in [0, 0.05) is 26.0 Å². The molecule has 3 heteroatoms. The van der Waals surface area contributed by atoms with Crippen LogP contribution in [0.3, 0.4) is 0 Å². The minimum absolute atomic E-state index is 0.588. The van der Waals surface area contributed by atoms with Gasteiger partial charge < -0.3 is 9.88 Å². The summed E-state index contributed by atoms with van der Waals surface area (Å²) in [5.74, 6) is 1.92. The first-order valence-electron chi connectivity index (χ1n) is 5.81. The van der Waals surface area contributed by atoms with Crippen LogP contribution in [0.4, 0.5) is 0 Å². The fourth-order valence-corrected chi connectivity index (χ4v) is 2.11. The molecular formula is C12H21N3. The molecule has 1 N–H and O–H groups in total. The molecule has 0 atom stereocenters. The number of aryl methyl sites for hydroxylation is 1. The molecule has 84 valence electrons. The molecule has 3 nitrogen and oxygen atoms in total. The molecule has 1 aromatic rings. The summed E-state index contributed by atoms with van der Waals surface area (Å²) in [5, 5.41) is 3.53. The Hall–Kier alpha value is -0.830. The summed E-state index contributed by atoms with van der Waals surface area (Å²) in [4.78, 5) is 4.30. The van der Waals surface area contributed by atoms with Gasteiger partial charge in [-0.2, -0.15) is 0 Å². The first kappa shape index (κ1) is 10.7. The van der Waals surface area contributed by atoms with Crippen molar-refractivity contribution in [3.05, 3.63) is 18.2 Å². The Morgan fingerprint density at radius 2 is 2.27 bits per heavy atom. The van der Waals surface area contributed by atoms with Gasteiger partial charge in [-0.25, -0.2) is 4.98 Å². The Labute approximate surface area is 91.9 Å². The fraction of sp³-hybridized carbons (Fsp3) is 0.750. The van der Waals surface area contributed by atoms with Crippen LogP contribution in [0.1, 0.15) is 32.5 Å². The van der Waals surface area contributed by atoms with E-state index in [1.54, 1.807) is 0 Å². The van der Waals surface area contributed by atoms with Crippen molar-refractivity contribution in [1.82, 2.24) is 14.9 Å². The molecule has 0 amide bonds. The van der Waals surface area contributed by atoms with Crippen LogP contribution in [0.15, 0.2) is 12.4 Å². The van der Waals surface area contributed by atoms with Crippen molar-refractivity contribution in [2.45, 2.75) is 33.2 Å². The summed E-state index contributed by atoms with van der Waals surface area (Å²) in [6, 6.07) is 0. The van der Waals surface area contributed by atoms with E-state index >= 15 is 0 Å². The van der Waals surface area contributed by atoms with Gasteiger partial charge in [-0.05, 0) is 24.2 Å². The molecule has 0 saturated heterocycles. The first-order valence-corrected chi connectivity index (χ1v) is 5.81. The Bertz CT molecular complexity index is 323.